The Balaban J connectivity index is 1.24. The molecule has 1 amide bonds. The molecule has 1 unspecified atom stereocenters. The van der Waals surface area contributed by atoms with Crippen LogP contribution in [0.3, 0.4) is 0 Å². The van der Waals surface area contributed by atoms with Crippen molar-refractivity contribution in [3.8, 4) is 0 Å². The van der Waals surface area contributed by atoms with Gasteiger partial charge >= 0.3 is 0 Å². The summed E-state index contributed by atoms with van der Waals surface area (Å²) in [5.41, 5.74) is 2.12. The molecule has 33 heavy (non-hydrogen) atoms. The first-order chi connectivity index (χ1) is 16.0. The van der Waals surface area contributed by atoms with Crippen LogP contribution < -0.4 is 0 Å². The van der Waals surface area contributed by atoms with Crippen molar-refractivity contribution in [3.63, 3.8) is 0 Å². The fourth-order valence-corrected chi connectivity index (χ4v) is 4.59. The number of carbonyl (C=O) groups is 2. The van der Waals surface area contributed by atoms with E-state index in [0.29, 0.717) is 43.6 Å². The number of rotatable bonds is 6. The lowest BCUT2D eigenvalue weighted by Crippen LogP contribution is -2.49. The monoisotopic (exact) mass is 509 g/mol. The summed E-state index contributed by atoms with van der Waals surface area (Å²) < 4.78 is 0.958. The molecule has 0 aromatic heterocycles. The molecule has 172 valence electrons. The maximum atomic E-state index is 12.6. The summed E-state index contributed by atoms with van der Waals surface area (Å²) in [5.74, 6) is 0.153. The Labute approximate surface area is 202 Å². The minimum Gasteiger partial charge on any atom is -0.511 e. The van der Waals surface area contributed by atoms with E-state index in [1.165, 1.54) is 6.21 Å². The van der Waals surface area contributed by atoms with Crippen LogP contribution >= 0.6 is 15.9 Å². The number of halogens is 1. The number of carbonyl (C=O) groups excluding carboxylic acids is 2. The molecule has 2 aromatic rings. The van der Waals surface area contributed by atoms with Crippen LogP contribution in [0.25, 0.3) is 0 Å². The van der Waals surface area contributed by atoms with Crippen LogP contribution in [0.4, 0.5) is 0 Å². The molecule has 6 nitrogen and oxygen atoms in total. The van der Waals surface area contributed by atoms with Gasteiger partial charge < -0.3 is 10.0 Å². The number of aliphatic imine (C=N–C) groups is 1. The Morgan fingerprint density at radius 3 is 2.39 bits per heavy atom. The van der Waals surface area contributed by atoms with Gasteiger partial charge in [0.25, 0.3) is 5.91 Å². The number of hydrogen-bond acceptors (Lipinski definition) is 5. The summed E-state index contributed by atoms with van der Waals surface area (Å²) >= 11 is 3.39. The summed E-state index contributed by atoms with van der Waals surface area (Å²) in [6.45, 7) is 4.26. The molecule has 4 rings (SSSR count). The van der Waals surface area contributed by atoms with Gasteiger partial charge in [0.1, 0.15) is 5.76 Å². The number of nitrogens with zero attached hydrogens (tertiary/aromatic N) is 3. The highest BCUT2D eigenvalue weighted by molar-refractivity contribution is 9.10. The van der Waals surface area contributed by atoms with E-state index in [1.54, 1.807) is 0 Å². The zero-order valence-electron chi connectivity index (χ0n) is 18.5. The summed E-state index contributed by atoms with van der Waals surface area (Å²) in [6.07, 6.45) is 2.39. The van der Waals surface area contributed by atoms with Crippen LogP contribution in [0.2, 0.25) is 0 Å². The minimum atomic E-state index is -0.0589. The van der Waals surface area contributed by atoms with Gasteiger partial charge in [0, 0.05) is 61.8 Å². The molecule has 2 aromatic carbocycles. The van der Waals surface area contributed by atoms with Gasteiger partial charge in [-0.15, -0.1) is 0 Å². The largest absolute Gasteiger partial charge is 0.511 e. The average molecular weight is 510 g/mol. The number of amides is 1. The second-order valence-electron chi connectivity index (χ2n) is 8.48. The maximum Gasteiger partial charge on any atom is 0.253 e. The van der Waals surface area contributed by atoms with Crippen LogP contribution in [0.1, 0.15) is 34.7 Å². The van der Waals surface area contributed by atoms with Crippen LogP contribution in [0.15, 0.2) is 75.4 Å². The molecule has 1 heterocycles. The molecule has 2 aliphatic rings. The van der Waals surface area contributed by atoms with Gasteiger partial charge in [0.15, 0.2) is 5.78 Å². The molecule has 1 fully saturated rings. The SMILES string of the molecule is O=C1CC(c2ccccc2)CC(O)=C1C=NCCN1CCN(C(=O)c2ccc(Br)cc2)CC1. The maximum absolute atomic E-state index is 12.6. The van der Waals surface area contributed by atoms with Crippen molar-refractivity contribution in [1.29, 1.82) is 0 Å². The summed E-state index contributed by atoms with van der Waals surface area (Å²) in [5, 5.41) is 10.4. The number of ketones is 1. The Morgan fingerprint density at radius 1 is 1.03 bits per heavy atom. The number of aliphatic hydroxyl groups excluding tert-OH is 1. The van der Waals surface area contributed by atoms with Crippen molar-refractivity contribution in [2.24, 2.45) is 4.99 Å². The van der Waals surface area contributed by atoms with Gasteiger partial charge in [-0.1, -0.05) is 46.3 Å². The highest BCUT2D eigenvalue weighted by atomic mass is 79.9. The van der Waals surface area contributed by atoms with E-state index >= 15 is 0 Å². The predicted octanol–water partition coefficient (Wildman–Crippen LogP) is 4.24. The lowest BCUT2D eigenvalue weighted by molar-refractivity contribution is -0.116. The smallest absolute Gasteiger partial charge is 0.253 e. The Kier molecular flexibility index (Phi) is 7.73. The van der Waals surface area contributed by atoms with Gasteiger partial charge in [-0.2, -0.15) is 0 Å². The lowest BCUT2D eigenvalue weighted by atomic mass is 9.83. The van der Waals surface area contributed by atoms with Crippen molar-refractivity contribution in [3.05, 3.63) is 81.5 Å². The third kappa shape index (κ3) is 5.97. The summed E-state index contributed by atoms with van der Waals surface area (Å²) in [4.78, 5) is 33.8. The summed E-state index contributed by atoms with van der Waals surface area (Å²) in [6, 6.07) is 17.3. The third-order valence-electron chi connectivity index (χ3n) is 6.27. The standard InChI is InChI=1S/C26H28BrN3O3/c27-22-8-6-20(7-9-22)26(33)30-14-12-29(13-15-30)11-10-28-18-23-24(31)16-21(17-25(23)32)19-4-2-1-3-5-19/h1-9,18,21,31H,10-17H2. The zero-order chi connectivity index (χ0) is 23.2. The average Bonchev–Trinajstić information content (AvgIpc) is 2.84. The van der Waals surface area contributed by atoms with Crippen molar-refractivity contribution >= 4 is 33.8 Å². The third-order valence-corrected chi connectivity index (χ3v) is 6.80. The van der Waals surface area contributed by atoms with Gasteiger partial charge in [-0.25, -0.2) is 0 Å². The number of piperazine rings is 1. The number of Topliss-reactive ketones (excluding diaryl/α,β-unsaturated/α-hetero) is 1. The van der Waals surface area contributed by atoms with Gasteiger partial charge in [-0.3, -0.25) is 19.5 Å². The van der Waals surface area contributed by atoms with Crippen LogP contribution in [-0.2, 0) is 4.79 Å². The molecular formula is C26H28BrN3O3. The van der Waals surface area contributed by atoms with Crippen LogP contribution in [0.5, 0.6) is 0 Å². The van der Waals surface area contributed by atoms with Gasteiger partial charge in [0.05, 0.1) is 12.1 Å². The lowest BCUT2D eigenvalue weighted by Gasteiger charge is -2.34. The van der Waals surface area contributed by atoms with Crippen molar-refractivity contribution in [2.45, 2.75) is 18.8 Å². The van der Waals surface area contributed by atoms with E-state index < -0.39 is 0 Å². The van der Waals surface area contributed by atoms with E-state index in [2.05, 4.69) is 25.8 Å². The van der Waals surface area contributed by atoms with Crippen LogP contribution in [-0.4, -0.2) is 72.1 Å². The molecule has 1 N–H and O–H groups in total. The van der Waals surface area contributed by atoms with Crippen molar-refractivity contribution in [2.75, 3.05) is 39.3 Å². The first kappa shape index (κ1) is 23.4. The highest BCUT2D eigenvalue weighted by Gasteiger charge is 2.27. The molecule has 1 saturated heterocycles. The topological polar surface area (TPSA) is 73.2 Å². The normalized spacial score (nSPS) is 20.0. The Bertz CT molecular complexity index is 1040. The minimum absolute atomic E-state index is 0.0206. The molecule has 1 atom stereocenters. The molecule has 0 spiro atoms. The predicted molar refractivity (Wildman–Crippen MR) is 133 cm³/mol. The van der Waals surface area contributed by atoms with Crippen LogP contribution in [0, 0.1) is 0 Å². The quantitative estimate of drug-likeness (QED) is 0.591. The zero-order valence-corrected chi connectivity index (χ0v) is 20.1. The number of aliphatic hydroxyl groups is 1. The number of benzene rings is 2. The molecule has 1 aliphatic heterocycles. The number of allylic oxidation sites excluding steroid dienone is 2. The fourth-order valence-electron chi connectivity index (χ4n) is 4.32. The molecule has 7 heteroatoms. The van der Waals surface area contributed by atoms with Gasteiger partial charge in [-0.05, 0) is 35.7 Å². The van der Waals surface area contributed by atoms with E-state index in [-0.39, 0.29) is 23.4 Å². The fraction of sp³-hybridized carbons (Fsp3) is 0.346. The second kappa shape index (κ2) is 10.9. The molecular weight excluding hydrogens is 482 g/mol. The molecule has 1 aliphatic carbocycles. The molecule has 0 radical (unpaired) electrons. The van der Waals surface area contributed by atoms with Crippen molar-refractivity contribution in [1.82, 2.24) is 9.80 Å². The van der Waals surface area contributed by atoms with E-state index in [0.717, 1.165) is 29.7 Å². The summed E-state index contributed by atoms with van der Waals surface area (Å²) in [7, 11) is 0. The second-order valence-corrected chi connectivity index (χ2v) is 9.39. The Hall–Kier alpha value is -2.77. The first-order valence-electron chi connectivity index (χ1n) is 11.3. The Morgan fingerprint density at radius 2 is 1.73 bits per heavy atom. The molecule has 0 bridgehead atoms. The van der Waals surface area contributed by atoms with E-state index in [1.807, 2.05) is 59.5 Å². The first-order valence-corrected chi connectivity index (χ1v) is 12.1. The van der Waals surface area contributed by atoms with Crippen molar-refractivity contribution < 1.29 is 14.7 Å². The van der Waals surface area contributed by atoms with E-state index in [9.17, 15) is 14.7 Å². The number of hydrogen-bond donors (Lipinski definition) is 1. The molecule has 0 saturated carbocycles. The van der Waals surface area contributed by atoms with E-state index in [4.69, 9.17) is 0 Å². The highest BCUT2D eigenvalue weighted by Crippen LogP contribution is 2.32. The van der Waals surface area contributed by atoms with Gasteiger partial charge in [0.2, 0.25) is 0 Å².